The Kier molecular flexibility index (Phi) is 7.13. The van der Waals surface area contributed by atoms with Gasteiger partial charge in [-0.1, -0.05) is 48.2 Å². The fraction of sp³-hybridized carbons (Fsp3) is 0.308. The number of thioether (sulfide) groups is 1. The van der Waals surface area contributed by atoms with Crippen molar-refractivity contribution >= 4 is 34.9 Å². The lowest BCUT2D eigenvalue weighted by atomic mass is 9.69. The molecule has 0 radical (unpaired) electrons. The zero-order chi connectivity index (χ0) is 25.2. The van der Waals surface area contributed by atoms with E-state index in [9.17, 15) is 28.0 Å². The zero-order valence-corrected chi connectivity index (χ0v) is 19.7. The summed E-state index contributed by atoms with van der Waals surface area (Å²) in [4.78, 5) is 30.0. The second-order valence-electron chi connectivity index (χ2n) is 8.45. The van der Waals surface area contributed by atoms with Crippen molar-refractivity contribution in [1.82, 2.24) is 0 Å². The van der Waals surface area contributed by atoms with E-state index in [0.29, 0.717) is 24.2 Å². The molecule has 0 unspecified atom stereocenters. The molecule has 2 aromatic rings. The molecule has 0 saturated heterocycles. The van der Waals surface area contributed by atoms with E-state index in [1.54, 1.807) is 12.1 Å². The van der Waals surface area contributed by atoms with Crippen LogP contribution in [0.15, 0.2) is 64.1 Å². The molecular weight excluding hydrogens is 475 g/mol. The number of nitrogens with zero attached hydrogens (tertiary/aromatic N) is 2. The van der Waals surface area contributed by atoms with Gasteiger partial charge in [0.15, 0.2) is 0 Å². The molecule has 1 aliphatic carbocycles. The Bertz CT molecular complexity index is 1280. The summed E-state index contributed by atoms with van der Waals surface area (Å²) in [6, 6.07) is 14.3. The Labute approximate surface area is 205 Å². The highest BCUT2D eigenvalue weighted by Crippen LogP contribution is 2.48. The second kappa shape index (κ2) is 10.1. The first kappa shape index (κ1) is 24.7. The van der Waals surface area contributed by atoms with Gasteiger partial charge < -0.3 is 5.32 Å². The molecule has 2 aliphatic rings. The molecule has 5 nitrogen and oxygen atoms in total. The highest BCUT2D eigenvalue weighted by atomic mass is 32.2. The number of anilines is 1. The number of nitriles is 1. The van der Waals surface area contributed by atoms with Gasteiger partial charge in [0.1, 0.15) is 10.8 Å². The van der Waals surface area contributed by atoms with Crippen LogP contribution in [0, 0.1) is 24.2 Å². The molecule has 1 fully saturated rings. The molecule has 1 N–H and O–H groups in total. The van der Waals surface area contributed by atoms with Crippen LogP contribution in [-0.4, -0.2) is 23.2 Å². The summed E-state index contributed by atoms with van der Waals surface area (Å²) in [6.45, 7) is 1.86. The lowest BCUT2D eigenvalue weighted by Gasteiger charge is -2.35. The van der Waals surface area contributed by atoms with Gasteiger partial charge in [0.25, 0.3) is 0 Å². The van der Waals surface area contributed by atoms with Gasteiger partial charge in [0, 0.05) is 23.7 Å². The van der Waals surface area contributed by atoms with Gasteiger partial charge in [0.2, 0.25) is 5.91 Å². The van der Waals surface area contributed by atoms with Crippen molar-refractivity contribution in [2.24, 2.45) is 10.9 Å². The molecule has 0 spiro atoms. The van der Waals surface area contributed by atoms with Gasteiger partial charge in [-0.15, -0.1) is 0 Å². The lowest BCUT2D eigenvalue weighted by molar-refractivity contribution is -0.138. The van der Waals surface area contributed by atoms with E-state index in [4.69, 9.17) is 0 Å². The number of carbonyl (C=O) groups excluding carboxylic acids is 2. The number of alkyl halides is 3. The second-order valence-corrected chi connectivity index (χ2v) is 9.41. The Hall–Kier alpha value is -3.38. The number of para-hydroxylation sites is 1. The van der Waals surface area contributed by atoms with E-state index in [-0.39, 0.29) is 40.0 Å². The third kappa shape index (κ3) is 5.17. The van der Waals surface area contributed by atoms with E-state index in [2.05, 4.69) is 10.3 Å². The first-order valence-corrected chi connectivity index (χ1v) is 12.1. The minimum atomic E-state index is -4.65. The molecule has 2 atom stereocenters. The van der Waals surface area contributed by atoms with Crippen molar-refractivity contribution in [3.63, 3.8) is 0 Å². The fourth-order valence-electron chi connectivity index (χ4n) is 4.56. The SMILES string of the molecule is Cc1ccccc1NC(=O)CSC1=C(C#N)[C@@H](c2ccccc2C(F)(F)F)[C@@H]2C(=O)CCCC2=N1. The van der Waals surface area contributed by atoms with Crippen molar-refractivity contribution in [3.8, 4) is 6.07 Å². The van der Waals surface area contributed by atoms with E-state index in [0.717, 1.165) is 23.4 Å². The summed E-state index contributed by atoms with van der Waals surface area (Å²) >= 11 is 0.997. The number of nitrogens with one attached hydrogen (secondary N) is 1. The number of halogens is 3. The van der Waals surface area contributed by atoms with Crippen LogP contribution >= 0.6 is 11.8 Å². The molecule has 4 rings (SSSR count). The van der Waals surface area contributed by atoms with Crippen LogP contribution in [0.1, 0.15) is 41.9 Å². The number of benzene rings is 2. The molecule has 0 aromatic heterocycles. The normalized spacial score (nSPS) is 20.1. The zero-order valence-electron chi connectivity index (χ0n) is 18.9. The van der Waals surface area contributed by atoms with Crippen LogP contribution in [0.3, 0.4) is 0 Å². The summed E-state index contributed by atoms with van der Waals surface area (Å²) in [5, 5.41) is 13.0. The summed E-state index contributed by atoms with van der Waals surface area (Å²) in [5.41, 5.74) is 1.000. The number of ketones is 1. The molecule has 1 aliphatic heterocycles. The van der Waals surface area contributed by atoms with E-state index in [1.165, 1.54) is 18.2 Å². The predicted molar refractivity (Wildman–Crippen MR) is 129 cm³/mol. The predicted octanol–water partition coefficient (Wildman–Crippen LogP) is 6.03. The minimum Gasteiger partial charge on any atom is -0.325 e. The minimum absolute atomic E-state index is 0.0145. The number of fused-ring (bicyclic) bond motifs is 1. The highest BCUT2D eigenvalue weighted by Gasteiger charge is 2.45. The number of hydrogen-bond acceptors (Lipinski definition) is 5. The molecule has 180 valence electrons. The van der Waals surface area contributed by atoms with Crippen LogP contribution in [-0.2, 0) is 15.8 Å². The number of carbonyl (C=O) groups is 2. The molecule has 1 amide bonds. The van der Waals surface area contributed by atoms with Gasteiger partial charge in [-0.25, -0.2) is 4.99 Å². The molecule has 1 saturated carbocycles. The number of rotatable bonds is 5. The van der Waals surface area contributed by atoms with Gasteiger partial charge >= 0.3 is 6.18 Å². The van der Waals surface area contributed by atoms with Crippen LogP contribution < -0.4 is 5.32 Å². The Morgan fingerprint density at radius 2 is 1.86 bits per heavy atom. The molecule has 9 heteroatoms. The van der Waals surface area contributed by atoms with Gasteiger partial charge in [-0.2, -0.15) is 18.4 Å². The Morgan fingerprint density at radius 3 is 2.57 bits per heavy atom. The molecule has 1 heterocycles. The summed E-state index contributed by atoms with van der Waals surface area (Å²) in [6.07, 6.45) is -3.41. The maximum Gasteiger partial charge on any atom is 0.416 e. The molecular formula is C26H22F3N3O2S. The maximum absolute atomic E-state index is 13.9. The summed E-state index contributed by atoms with van der Waals surface area (Å²) in [5.74, 6) is -2.64. The lowest BCUT2D eigenvalue weighted by Crippen LogP contribution is -2.37. The van der Waals surface area contributed by atoms with Gasteiger partial charge in [0.05, 0.1) is 28.9 Å². The maximum atomic E-state index is 13.9. The van der Waals surface area contributed by atoms with Crippen LogP contribution in [0.5, 0.6) is 0 Å². The number of Topliss-reactive ketones (excluding diaryl/α,β-unsaturated/α-hetero) is 1. The van der Waals surface area contributed by atoms with E-state index < -0.39 is 23.6 Å². The third-order valence-corrected chi connectivity index (χ3v) is 7.15. The van der Waals surface area contributed by atoms with Crippen molar-refractivity contribution in [2.75, 3.05) is 11.1 Å². The number of aliphatic imine (C=N–C) groups is 1. The highest BCUT2D eigenvalue weighted by molar-refractivity contribution is 8.03. The van der Waals surface area contributed by atoms with Crippen molar-refractivity contribution in [1.29, 1.82) is 5.26 Å². The smallest absolute Gasteiger partial charge is 0.325 e. The first-order valence-electron chi connectivity index (χ1n) is 11.1. The van der Waals surface area contributed by atoms with E-state index in [1.807, 2.05) is 25.1 Å². The average Bonchev–Trinajstić information content (AvgIpc) is 2.83. The first-order chi connectivity index (χ1) is 16.7. The molecule has 0 bridgehead atoms. The Balaban J connectivity index is 1.71. The number of aryl methyl sites for hydroxylation is 1. The summed E-state index contributed by atoms with van der Waals surface area (Å²) in [7, 11) is 0. The van der Waals surface area contributed by atoms with Crippen LogP contribution in [0.4, 0.5) is 18.9 Å². The number of hydrogen-bond donors (Lipinski definition) is 1. The number of amides is 1. The Morgan fingerprint density at radius 1 is 1.14 bits per heavy atom. The van der Waals surface area contributed by atoms with Crippen LogP contribution in [0.2, 0.25) is 0 Å². The standard InChI is InChI=1S/C26H22F3N3O2S/c1-15-7-2-5-10-19(15)31-22(34)14-35-25-17(13-30)23(24-20(32-25)11-6-12-21(24)33)16-8-3-4-9-18(16)26(27,28)29/h2-5,7-10,23-24H,6,11-12,14H2,1H3,(H,31,34)/t23-,24+/m1/s1. The third-order valence-electron chi connectivity index (χ3n) is 6.16. The van der Waals surface area contributed by atoms with E-state index >= 15 is 0 Å². The van der Waals surface area contributed by atoms with Crippen molar-refractivity contribution in [2.45, 2.75) is 38.3 Å². The van der Waals surface area contributed by atoms with Gasteiger partial charge in [-0.05, 0) is 43.0 Å². The van der Waals surface area contributed by atoms with Crippen molar-refractivity contribution in [3.05, 3.63) is 75.8 Å². The largest absolute Gasteiger partial charge is 0.416 e. The van der Waals surface area contributed by atoms with Crippen LogP contribution in [0.25, 0.3) is 0 Å². The fourth-order valence-corrected chi connectivity index (χ4v) is 5.41. The van der Waals surface area contributed by atoms with Crippen molar-refractivity contribution < 1.29 is 22.8 Å². The topological polar surface area (TPSA) is 82.3 Å². The molecule has 2 aromatic carbocycles. The average molecular weight is 498 g/mol. The quantitative estimate of drug-likeness (QED) is 0.547. The monoisotopic (exact) mass is 497 g/mol. The van der Waals surface area contributed by atoms with Gasteiger partial charge in [-0.3, -0.25) is 9.59 Å². The summed E-state index contributed by atoms with van der Waals surface area (Å²) < 4.78 is 41.6. The molecule has 35 heavy (non-hydrogen) atoms. The number of allylic oxidation sites excluding steroid dienone is 1.